The SMILES string of the molecule is CCCCc1nn(CC(=O)N2CCCCC2c2ccn(C)n2)c(=O)n1CC. The van der Waals surface area contributed by atoms with Crippen molar-refractivity contribution in [3.05, 3.63) is 34.3 Å². The maximum atomic E-state index is 13.0. The average Bonchev–Trinajstić information content (AvgIpc) is 3.23. The van der Waals surface area contributed by atoms with Gasteiger partial charge < -0.3 is 4.90 Å². The molecule has 8 nitrogen and oxygen atoms in total. The third kappa shape index (κ3) is 4.14. The first-order valence-corrected chi connectivity index (χ1v) is 10.0. The van der Waals surface area contributed by atoms with Gasteiger partial charge in [0.05, 0.1) is 11.7 Å². The van der Waals surface area contributed by atoms with Gasteiger partial charge in [0.15, 0.2) is 0 Å². The van der Waals surface area contributed by atoms with Crippen molar-refractivity contribution in [1.29, 1.82) is 0 Å². The van der Waals surface area contributed by atoms with E-state index >= 15 is 0 Å². The van der Waals surface area contributed by atoms with Gasteiger partial charge in [-0.25, -0.2) is 9.48 Å². The van der Waals surface area contributed by atoms with Crippen molar-refractivity contribution in [2.45, 2.75) is 71.5 Å². The van der Waals surface area contributed by atoms with Crippen LogP contribution < -0.4 is 5.69 Å². The molecule has 2 aromatic heterocycles. The normalized spacial score (nSPS) is 17.4. The van der Waals surface area contributed by atoms with Gasteiger partial charge in [-0.3, -0.25) is 14.0 Å². The molecule has 27 heavy (non-hydrogen) atoms. The molecule has 1 saturated heterocycles. The summed E-state index contributed by atoms with van der Waals surface area (Å²) in [6.45, 7) is 5.32. The third-order valence-corrected chi connectivity index (χ3v) is 5.25. The van der Waals surface area contributed by atoms with Crippen LogP contribution in [0.4, 0.5) is 0 Å². The van der Waals surface area contributed by atoms with Crippen molar-refractivity contribution in [2.75, 3.05) is 6.54 Å². The number of hydrogen-bond donors (Lipinski definition) is 0. The highest BCUT2D eigenvalue weighted by Crippen LogP contribution is 2.29. The number of likely N-dealkylation sites (tertiary alicyclic amines) is 1. The van der Waals surface area contributed by atoms with Crippen LogP contribution in [0.3, 0.4) is 0 Å². The number of piperidine rings is 1. The Balaban J connectivity index is 1.79. The van der Waals surface area contributed by atoms with Gasteiger partial charge in [0, 0.05) is 32.8 Å². The summed E-state index contributed by atoms with van der Waals surface area (Å²) in [6.07, 6.45) is 7.66. The molecule has 1 unspecified atom stereocenters. The molecule has 0 radical (unpaired) electrons. The van der Waals surface area contributed by atoms with Gasteiger partial charge in [-0.2, -0.15) is 10.2 Å². The Labute approximate surface area is 159 Å². The molecule has 0 aliphatic carbocycles. The fourth-order valence-electron chi connectivity index (χ4n) is 3.79. The minimum atomic E-state index is -0.191. The van der Waals surface area contributed by atoms with Gasteiger partial charge in [-0.05, 0) is 38.7 Å². The number of rotatable bonds is 7. The van der Waals surface area contributed by atoms with E-state index < -0.39 is 0 Å². The maximum Gasteiger partial charge on any atom is 0.346 e. The molecule has 3 rings (SSSR count). The molecule has 8 heteroatoms. The summed E-state index contributed by atoms with van der Waals surface area (Å²) in [5.41, 5.74) is 0.726. The second kappa shape index (κ2) is 8.54. The predicted molar refractivity (Wildman–Crippen MR) is 102 cm³/mol. The number of aryl methyl sites for hydroxylation is 2. The number of carbonyl (C=O) groups excluding carboxylic acids is 1. The molecule has 1 atom stereocenters. The molecule has 1 aliphatic heterocycles. The lowest BCUT2D eigenvalue weighted by Gasteiger charge is -2.34. The second-order valence-electron chi connectivity index (χ2n) is 7.22. The number of hydrogen-bond acceptors (Lipinski definition) is 4. The zero-order chi connectivity index (χ0) is 19.4. The van der Waals surface area contributed by atoms with Gasteiger partial charge in [0.2, 0.25) is 5.91 Å². The Morgan fingerprint density at radius 1 is 1.26 bits per heavy atom. The van der Waals surface area contributed by atoms with Crippen molar-refractivity contribution in [2.24, 2.45) is 7.05 Å². The van der Waals surface area contributed by atoms with E-state index in [1.165, 1.54) is 4.68 Å². The summed E-state index contributed by atoms with van der Waals surface area (Å²) >= 11 is 0. The number of nitrogens with zero attached hydrogens (tertiary/aromatic N) is 6. The van der Waals surface area contributed by atoms with E-state index in [0.29, 0.717) is 13.1 Å². The van der Waals surface area contributed by atoms with Crippen molar-refractivity contribution in [1.82, 2.24) is 29.0 Å². The largest absolute Gasteiger partial charge is 0.346 e. The Bertz CT molecular complexity index is 834. The summed E-state index contributed by atoms with van der Waals surface area (Å²) in [5, 5.41) is 8.95. The van der Waals surface area contributed by atoms with Crippen LogP contribution in [0.1, 0.15) is 63.5 Å². The Kier molecular flexibility index (Phi) is 6.13. The fourth-order valence-corrected chi connectivity index (χ4v) is 3.79. The van der Waals surface area contributed by atoms with Crippen molar-refractivity contribution in [3.63, 3.8) is 0 Å². The minimum absolute atomic E-state index is 0.00566. The molecular weight excluding hydrogens is 344 g/mol. The molecule has 3 heterocycles. The van der Waals surface area contributed by atoms with E-state index in [-0.39, 0.29) is 24.2 Å². The Morgan fingerprint density at radius 3 is 2.74 bits per heavy atom. The van der Waals surface area contributed by atoms with E-state index in [4.69, 9.17) is 0 Å². The van der Waals surface area contributed by atoms with Crippen LogP contribution in [0.25, 0.3) is 0 Å². The first kappa shape index (κ1) is 19.4. The second-order valence-corrected chi connectivity index (χ2v) is 7.22. The van der Waals surface area contributed by atoms with Crippen molar-refractivity contribution >= 4 is 5.91 Å². The van der Waals surface area contributed by atoms with E-state index in [9.17, 15) is 9.59 Å². The lowest BCUT2D eigenvalue weighted by atomic mass is 9.99. The van der Waals surface area contributed by atoms with Crippen LogP contribution in [-0.4, -0.2) is 41.5 Å². The van der Waals surface area contributed by atoms with Crippen LogP contribution >= 0.6 is 0 Å². The van der Waals surface area contributed by atoms with Crippen LogP contribution in [0.2, 0.25) is 0 Å². The van der Waals surface area contributed by atoms with Crippen LogP contribution in [0.5, 0.6) is 0 Å². The van der Waals surface area contributed by atoms with Gasteiger partial charge >= 0.3 is 5.69 Å². The van der Waals surface area contributed by atoms with Crippen molar-refractivity contribution in [3.8, 4) is 0 Å². The monoisotopic (exact) mass is 374 g/mol. The lowest BCUT2D eigenvalue weighted by Crippen LogP contribution is -2.42. The van der Waals surface area contributed by atoms with Crippen LogP contribution in [0.15, 0.2) is 17.1 Å². The van der Waals surface area contributed by atoms with Gasteiger partial charge in [0.1, 0.15) is 12.4 Å². The topological polar surface area (TPSA) is 78.0 Å². The van der Waals surface area contributed by atoms with E-state index in [1.54, 1.807) is 9.25 Å². The summed E-state index contributed by atoms with van der Waals surface area (Å²) in [4.78, 5) is 27.5. The van der Waals surface area contributed by atoms with Crippen molar-refractivity contribution < 1.29 is 4.79 Å². The van der Waals surface area contributed by atoms with Gasteiger partial charge in [-0.15, -0.1) is 0 Å². The number of carbonyl (C=O) groups is 1. The molecule has 1 fully saturated rings. The molecule has 1 amide bonds. The first-order valence-electron chi connectivity index (χ1n) is 10.0. The zero-order valence-electron chi connectivity index (χ0n) is 16.6. The number of aromatic nitrogens is 5. The Morgan fingerprint density at radius 2 is 2.07 bits per heavy atom. The Hall–Kier alpha value is -2.38. The van der Waals surface area contributed by atoms with Gasteiger partial charge in [-0.1, -0.05) is 13.3 Å². The predicted octanol–water partition coefficient (Wildman–Crippen LogP) is 1.89. The first-order chi connectivity index (χ1) is 13.0. The molecule has 0 spiro atoms. The standard InChI is InChI=1S/C19H30N6O2/c1-4-6-10-17-21-25(19(27)23(17)5-2)14-18(26)24-12-8-7-9-16(24)15-11-13-22(3)20-15/h11,13,16H,4-10,12,14H2,1-3H3. The molecule has 2 aromatic rings. The van der Waals surface area contributed by atoms with E-state index in [0.717, 1.165) is 50.0 Å². The quantitative estimate of drug-likeness (QED) is 0.741. The highest BCUT2D eigenvalue weighted by atomic mass is 16.2. The van der Waals surface area contributed by atoms with Crippen LogP contribution in [-0.2, 0) is 31.4 Å². The molecule has 0 N–H and O–H groups in total. The van der Waals surface area contributed by atoms with Crippen LogP contribution in [0, 0.1) is 0 Å². The summed E-state index contributed by atoms with van der Waals surface area (Å²) in [6, 6.07) is 1.95. The summed E-state index contributed by atoms with van der Waals surface area (Å²) in [7, 11) is 1.88. The minimum Gasteiger partial charge on any atom is -0.332 e. The molecule has 0 aromatic carbocycles. The zero-order valence-corrected chi connectivity index (χ0v) is 16.6. The molecule has 148 valence electrons. The fraction of sp³-hybridized carbons (Fsp3) is 0.684. The van der Waals surface area contributed by atoms with E-state index in [2.05, 4.69) is 17.1 Å². The number of amides is 1. The molecule has 0 saturated carbocycles. The highest BCUT2D eigenvalue weighted by molar-refractivity contribution is 5.76. The van der Waals surface area contributed by atoms with Gasteiger partial charge in [0.25, 0.3) is 0 Å². The average molecular weight is 374 g/mol. The highest BCUT2D eigenvalue weighted by Gasteiger charge is 2.30. The van der Waals surface area contributed by atoms with E-state index in [1.807, 2.05) is 31.1 Å². The summed E-state index contributed by atoms with van der Waals surface area (Å²) < 4.78 is 4.77. The lowest BCUT2D eigenvalue weighted by molar-refractivity contribution is -0.136. The summed E-state index contributed by atoms with van der Waals surface area (Å²) in [5.74, 6) is 0.715. The smallest absolute Gasteiger partial charge is 0.332 e. The molecular formula is C19H30N6O2. The molecule has 1 aliphatic rings. The molecule has 0 bridgehead atoms. The maximum absolute atomic E-state index is 13.0. The number of unbranched alkanes of at least 4 members (excludes halogenated alkanes) is 1. The third-order valence-electron chi connectivity index (χ3n) is 5.25.